The molecule has 21 heavy (non-hydrogen) atoms. The highest BCUT2D eigenvalue weighted by molar-refractivity contribution is 6.41. The molecule has 2 aromatic rings. The van der Waals surface area contributed by atoms with Crippen LogP contribution in [-0.2, 0) is 4.74 Å². The summed E-state index contributed by atoms with van der Waals surface area (Å²) in [5.74, 6) is -0.985. The third-order valence-corrected chi connectivity index (χ3v) is 3.18. The summed E-state index contributed by atoms with van der Waals surface area (Å²) in [7, 11) is 1.27. The van der Waals surface area contributed by atoms with Gasteiger partial charge in [0, 0.05) is 6.20 Å². The van der Waals surface area contributed by atoms with Crippen molar-refractivity contribution in [1.29, 1.82) is 0 Å². The summed E-state index contributed by atoms with van der Waals surface area (Å²) in [6.45, 7) is 0. The molecule has 0 spiro atoms. The smallest absolute Gasteiger partial charge is 0.345 e. The molecule has 0 aliphatic carbocycles. The molecule has 0 N–H and O–H groups in total. The fourth-order valence-corrected chi connectivity index (χ4v) is 1.77. The number of carbonyl (C=O) groups excluding carboxylic acids is 2. The third kappa shape index (κ3) is 3.71. The van der Waals surface area contributed by atoms with E-state index in [0.29, 0.717) is 0 Å². The van der Waals surface area contributed by atoms with Gasteiger partial charge in [0.25, 0.3) is 0 Å². The lowest BCUT2D eigenvalue weighted by molar-refractivity contribution is 0.0597. The summed E-state index contributed by atoms with van der Waals surface area (Å²) in [5, 5.41) is 0.246. The lowest BCUT2D eigenvalue weighted by Crippen LogP contribution is -2.10. The van der Waals surface area contributed by atoms with Gasteiger partial charge in [0.15, 0.2) is 0 Å². The Morgan fingerprint density at radius 2 is 1.86 bits per heavy atom. The Labute approximate surface area is 130 Å². The molecule has 0 aliphatic rings. The van der Waals surface area contributed by atoms with E-state index in [2.05, 4.69) is 9.72 Å². The maximum atomic E-state index is 11.9. The number of carbonyl (C=O) groups is 2. The molecule has 0 saturated heterocycles. The van der Waals surface area contributed by atoms with Gasteiger partial charge in [-0.15, -0.1) is 0 Å². The normalized spacial score (nSPS) is 10.0. The van der Waals surface area contributed by atoms with Crippen LogP contribution in [0.4, 0.5) is 0 Å². The Hall–Kier alpha value is -2.11. The van der Waals surface area contributed by atoms with E-state index in [9.17, 15) is 9.59 Å². The van der Waals surface area contributed by atoms with Crippen molar-refractivity contribution in [1.82, 2.24) is 4.98 Å². The van der Waals surface area contributed by atoms with E-state index in [0.717, 1.165) is 0 Å². The van der Waals surface area contributed by atoms with Crippen molar-refractivity contribution < 1.29 is 19.1 Å². The molecule has 1 aromatic carbocycles. The molecule has 2 rings (SSSR count). The number of ether oxygens (including phenoxy) is 2. The summed E-state index contributed by atoms with van der Waals surface area (Å²) in [6.07, 6.45) is 1.25. The minimum Gasteiger partial charge on any atom is -0.465 e. The molecule has 0 aliphatic heterocycles. The van der Waals surface area contributed by atoms with Crippen molar-refractivity contribution in [2.24, 2.45) is 0 Å². The first-order valence-electron chi connectivity index (χ1n) is 5.73. The van der Waals surface area contributed by atoms with E-state index >= 15 is 0 Å². The number of hydrogen-bond acceptors (Lipinski definition) is 5. The standard InChI is InChI=1S/C14H9Cl2NO4/c1-20-13(18)8-3-2-4-10(5-8)21-14(19)9-6-11(15)12(16)17-7-9/h2-7H,1H3. The van der Waals surface area contributed by atoms with Crippen molar-refractivity contribution in [3.63, 3.8) is 0 Å². The second-order valence-corrected chi connectivity index (χ2v) is 4.67. The number of esters is 2. The second-order valence-electron chi connectivity index (χ2n) is 3.91. The molecule has 108 valence electrons. The van der Waals surface area contributed by atoms with E-state index in [1.807, 2.05) is 0 Å². The molecule has 0 unspecified atom stereocenters. The van der Waals surface area contributed by atoms with Gasteiger partial charge in [-0.1, -0.05) is 29.3 Å². The van der Waals surface area contributed by atoms with Gasteiger partial charge in [-0.3, -0.25) is 0 Å². The number of aromatic nitrogens is 1. The van der Waals surface area contributed by atoms with Crippen molar-refractivity contribution in [2.45, 2.75) is 0 Å². The molecule has 0 saturated carbocycles. The van der Waals surface area contributed by atoms with Crippen LogP contribution in [0.5, 0.6) is 5.75 Å². The highest BCUT2D eigenvalue weighted by Gasteiger charge is 2.13. The molecule has 0 radical (unpaired) electrons. The fourth-order valence-electron chi connectivity index (χ4n) is 1.50. The molecule has 5 nitrogen and oxygen atoms in total. The number of hydrogen-bond donors (Lipinski definition) is 0. The number of benzene rings is 1. The zero-order valence-electron chi connectivity index (χ0n) is 10.8. The Bertz CT molecular complexity index is 703. The average Bonchev–Trinajstić information content (AvgIpc) is 2.49. The highest BCUT2D eigenvalue weighted by Crippen LogP contribution is 2.21. The van der Waals surface area contributed by atoms with E-state index in [1.165, 1.54) is 31.5 Å². The van der Waals surface area contributed by atoms with Crippen LogP contribution < -0.4 is 4.74 Å². The first kappa shape index (κ1) is 15.3. The van der Waals surface area contributed by atoms with Crippen LogP contribution in [-0.4, -0.2) is 24.0 Å². The Kier molecular flexibility index (Phi) is 4.77. The Balaban J connectivity index is 2.19. The Morgan fingerprint density at radius 1 is 1.10 bits per heavy atom. The number of methoxy groups -OCH3 is 1. The monoisotopic (exact) mass is 325 g/mol. The SMILES string of the molecule is COC(=O)c1cccc(OC(=O)c2cnc(Cl)c(Cl)c2)c1. The van der Waals surface area contributed by atoms with E-state index in [4.69, 9.17) is 27.9 Å². The van der Waals surface area contributed by atoms with Gasteiger partial charge in [-0.25, -0.2) is 14.6 Å². The number of pyridine rings is 1. The second kappa shape index (κ2) is 6.56. The van der Waals surface area contributed by atoms with E-state index in [1.54, 1.807) is 12.1 Å². The lowest BCUT2D eigenvalue weighted by Gasteiger charge is -2.06. The van der Waals surface area contributed by atoms with Crippen LogP contribution in [0.15, 0.2) is 36.5 Å². The minimum absolute atomic E-state index is 0.0981. The zero-order chi connectivity index (χ0) is 15.4. The quantitative estimate of drug-likeness (QED) is 0.491. The molecule has 1 aromatic heterocycles. The van der Waals surface area contributed by atoms with Gasteiger partial charge in [0.2, 0.25) is 0 Å². The van der Waals surface area contributed by atoms with Gasteiger partial charge in [-0.05, 0) is 24.3 Å². The van der Waals surface area contributed by atoms with Gasteiger partial charge in [0.1, 0.15) is 10.9 Å². The van der Waals surface area contributed by atoms with Gasteiger partial charge >= 0.3 is 11.9 Å². The van der Waals surface area contributed by atoms with Crippen LogP contribution >= 0.6 is 23.2 Å². The summed E-state index contributed by atoms with van der Waals surface area (Å²) < 4.78 is 9.73. The largest absolute Gasteiger partial charge is 0.465 e. The first-order valence-corrected chi connectivity index (χ1v) is 6.48. The van der Waals surface area contributed by atoms with E-state index < -0.39 is 11.9 Å². The summed E-state index contributed by atoms with van der Waals surface area (Å²) in [4.78, 5) is 27.1. The van der Waals surface area contributed by atoms with Crippen LogP contribution in [0.25, 0.3) is 0 Å². The summed E-state index contributed by atoms with van der Waals surface area (Å²) in [5.41, 5.74) is 0.419. The van der Waals surface area contributed by atoms with Crippen molar-refractivity contribution >= 4 is 35.1 Å². The van der Waals surface area contributed by atoms with Crippen molar-refractivity contribution in [2.75, 3.05) is 7.11 Å². The van der Waals surface area contributed by atoms with E-state index in [-0.39, 0.29) is 27.1 Å². The van der Waals surface area contributed by atoms with Crippen LogP contribution in [0.2, 0.25) is 10.2 Å². The molecule has 0 bridgehead atoms. The topological polar surface area (TPSA) is 65.5 Å². The van der Waals surface area contributed by atoms with Crippen LogP contribution in [0.1, 0.15) is 20.7 Å². The van der Waals surface area contributed by atoms with Crippen LogP contribution in [0, 0.1) is 0 Å². The molecule has 7 heteroatoms. The molecule has 0 fully saturated rings. The van der Waals surface area contributed by atoms with Gasteiger partial charge in [0.05, 0.1) is 23.3 Å². The summed E-state index contributed by atoms with van der Waals surface area (Å²) in [6, 6.07) is 7.40. The minimum atomic E-state index is -0.664. The fraction of sp³-hybridized carbons (Fsp3) is 0.0714. The number of halogens is 2. The maximum Gasteiger partial charge on any atom is 0.345 e. The number of rotatable bonds is 3. The maximum absolute atomic E-state index is 11.9. The number of nitrogens with zero attached hydrogens (tertiary/aromatic N) is 1. The van der Waals surface area contributed by atoms with Gasteiger partial charge in [-0.2, -0.15) is 0 Å². The predicted octanol–water partition coefficient (Wildman–Crippen LogP) is 3.39. The lowest BCUT2D eigenvalue weighted by atomic mass is 10.2. The summed E-state index contributed by atoms with van der Waals surface area (Å²) >= 11 is 11.5. The predicted molar refractivity (Wildman–Crippen MR) is 77.0 cm³/mol. The molecular formula is C14H9Cl2NO4. The third-order valence-electron chi connectivity index (χ3n) is 2.50. The molecule has 0 amide bonds. The Morgan fingerprint density at radius 3 is 2.52 bits per heavy atom. The molecule has 1 heterocycles. The van der Waals surface area contributed by atoms with Crippen molar-refractivity contribution in [3.05, 3.63) is 57.8 Å². The average molecular weight is 326 g/mol. The van der Waals surface area contributed by atoms with Crippen molar-refractivity contribution in [3.8, 4) is 5.75 Å². The highest BCUT2D eigenvalue weighted by atomic mass is 35.5. The molecule has 0 atom stereocenters. The molecular weight excluding hydrogens is 317 g/mol. The van der Waals surface area contributed by atoms with Gasteiger partial charge < -0.3 is 9.47 Å². The zero-order valence-corrected chi connectivity index (χ0v) is 12.3. The first-order chi connectivity index (χ1) is 10.0. The van der Waals surface area contributed by atoms with Crippen LogP contribution in [0.3, 0.4) is 0 Å².